The van der Waals surface area contributed by atoms with Crippen LogP contribution in [-0.4, -0.2) is 17.2 Å². The molecule has 0 aliphatic heterocycles. The second-order valence-electron chi connectivity index (χ2n) is 4.61. The van der Waals surface area contributed by atoms with Crippen molar-refractivity contribution in [3.63, 3.8) is 0 Å². The first kappa shape index (κ1) is 13.9. The lowest BCUT2D eigenvalue weighted by Crippen LogP contribution is -2.32. The summed E-state index contributed by atoms with van der Waals surface area (Å²) in [4.78, 5) is 17.0. The first-order valence-corrected chi connectivity index (χ1v) is 6.53. The molecule has 0 aliphatic carbocycles. The van der Waals surface area contributed by atoms with Crippen LogP contribution in [0.5, 0.6) is 0 Å². The van der Waals surface area contributed by atoms with E-state index in [4.69, 9.17) is 0 Å². The van der Waals surface area contributed by atoms with Gasteiger partial charge >= 0.3 is 0 Å². The van der Waals surface area contributed by atoms with Gasteiger partial charge < -0.3 is 0 Å². The third-order valence-corrected chi connectivity index (χ3v) is 4.44. The molecule has 1 heterocycles. The number of allylic oxidation sites excluding steroid dienone is 1. The average Bonchev–Trinajstić information content (AvgIpc) is 2.58. The third kappa shape index (κ3) is 2.94. The molecule has 0 fully saturated rings. The Kier molecular flexibility index (Phi) is 4.46. The second kappa shape index (κ2) is 5.45. The van der Waals surface area contributed by atoms with Gasteiger partial charge in [-0.15, -0.1) is 0 Å². The Hall–Kier alpha value is -1.16. The van der Waals surface area contributed by atoms with Crippen LogP contribution in [0.15, 0.2) is 15.9 Å². The topological polar surface area (TPSA) is 34.4 Å². The molecule has 0 amide bonds. The minimum atomic E-state index is -0.114. The van der Waals surface area contributed by atoms with Crippen LogP contribution in [0, 0.1) is 6.92 Å². The maximum atomic E-state index is 12.1. The predicted octanol–water partition coefficient (Wildman–Crippen LogP) is 3.08. The molecule has 3 nitrogen and oxygen atoms in total. The Morgan fingerprint density at radius 2 is 2.12 bits per heavy atom. The maximum Gasteiger partial charge on any atom is 0.264 e. The van der Waals surface area contributed by atoms with Crippen molar-refractivity contribution < 1.29 is 0 Å². The summed E-state index contributed by atoms with van der Waals surface area (Å²) in [6.07, 6.45) is 6.46. The summed E-state index contributed by atoms with van der Waals surface area (Å²) in [7, 11) is 1.73. The lowest BCUT2D eigenvalue weighted by atomic mass is 10.0. The van der Waals surface area contributed by atoms with Crippen LogP contribution in [0.1, 0.15) is 37.6 Å². The van der Waals surface area contributed by atoms with Crippen LogP contribution in [0.2, 0.25) is 0 Å². The number of nitrogens with zero attached hydrogens (tertiary/aromatic N) is 2. The average molecular weight is 252 g/mol. The highest BCUT2D eigenvalue weighted by Gasteiger charge is 2.22. The molecule has 1 aromatic rings. The summed E-state index contributed by atoms with van der Waals surface area (Å²) in [6, 6.07) is 0. The van der Waals surface area contributed by atoms with Gasteiger partial charge in [0.15, 0.2) is 0 Å². The van der Waals surface area contributed by atoms with E-state index in [1.54, 1.807) is 13.3 Å². The molecule has 0 N–H and O–H groups in total. The molecule has 94 valence electrons. The van der Waals surface area contributed by atoms with E-state index in [0.717, 1.165) is 16.9 Å². The van der Waals surface area contributed by atoms with Crippen molar-refractivity contribution in [1.29, 1.82) is 0 Å². The van der Waals surface area contributed by atoms with E-state index >= 15 is 0 Å². The monoisotopic (exact) mass is 252 g/mol. The van der Waals surface area contributed by atoms with E-state index in [9.17, 15) is 4.79 Å². The van der Waals surface area contributed by atoms with Crippen LogP contribution in [0.3, 0.4) is 0 Å². The molecule has 1 rings (SSSR count). The molecule has 4 heteroatoms. The van der Waals surface area contributed by atoms with Crippen LogP contribution < -0.4 is 5.56 Å². The van der Waals surface area contributed by atoms with Gasteiger partial charge in [0.1, 0.15) is 0 Å². The summed E-state index contributed by atoms with van der Waals surface area (Å²) in [6.45, 7) is 8.15. The van der Waals surface area contributed by atoms with Crippen LogP contribution >= 0.6 is 11.5 Å². The van der Waals surface area contributed by atoms with E-state index in [0.29, 0.717) is 0 Å². The van der Waals surface area contributed by atoms with Crippen LogP contribution in [-0.2, 0) is 5.54 Å². The fourth-order valence-corrected chi connectivity index (χ4v) is 2.54. The summed E-state index contributed by atoms with van der Waals surface area (Å²) in [5.74, 6) is 0. The summed E-state index contributed by atoms with van der Waals surface area (Å²) >= 11 is 1.52. The zero-order valence-electron chi connectivity index (χ0n) is 11.2. The molecular formula is C13H20N2OS. The highest BCUT2D eigenvalue weighted by molar-refractivity contribution is 7.07. The molecule has 17 heavy (non-hydrogen) atoms. The summed E-state index contributed by atoms with van der Waals surface area (Å²) < 4.78 is 1.87. The Balaban J connectivity index is 3.22. The predicted molar refractivity (Wildman–Crippen MR) is 76.4 cm³/mol. The van der Waals surface area contributed by atoms with Crippen molar-refractivity contribution in [2.24, 2.45) is 4.99 Å². The van der Waals surface area contributed by atoms with Crippen molar-refractivity contribution >= 4 is 23.8 Å². The summed E-state index contributed by atoms with van der Waals surface area (Å²) in [5, 5.41) is 0. The molecule has 0 saturated heterocycles. The van der Waals surface area contributed by atoms with Crippen molar-refractivity contribution in [3.8, 4) is 0 Å². The third-order valence-electron chi connectivity index (χ3n) is 2.96. The fraction of sp³-hybridized carbons (Fsp3) is 0.538. The van der Waals surface area contributed by atoms with Gasteiger partial charge in [0, 0.05) is 18.8 Å². The van der Waals surface area contributed by atoms with E-state index in [1.807, 2.05) is 23.0 Å². The molecule has 0 unspecified atom stereocenters. The maximum absolute atomic E-state index is 12.1. The Morgan fingerprint density at radius 3 is 2.65 bits per heavy atom. The summed E-state index contributed by atoms with van der Waals surface area (Å²) in [5.41, 5.74) is 0.824. The van der Waals surface area contributed by atoms with Crippen molar-refractivity contribution in [1.82, 2.24) is 3.96 Å². The molecule has 0 radical (unpaired) electrons. The minimum Gasteiger partial charge on any atom is -0.297 e. The molecule has 0 spiro atoms. The lowest BCUT2D eigenvalue weighted by Gasteiger charge is -2.22. The van der Waals surface area contributed by atoms with Gasteiger partial charge in [-0.25, -0.2) is 0 Å². The fourth-order valence-electron chi connectivity index (χ4n) is 1.38. The molecule has 0 aliphatic rings. The number of aromatic nitrogens is 1. The first-order valence-electron chi connectivity index (χ1n) is 5.76. The molecular weight excluding hydrogens is 232 g/mol. The van der Waals surface area contributed by atoms with Gasteiger partial charge in [0.05, 0.1) is 10.4 Å². The molecule has 0 bridgehead atoms. The molecule has 1 aromatic heterocycles. The van der Waals surface area contributed by atoms with Gasteiger partial charge in [-0.05, 0) is 39.3 Å². The normalized spacial score (nSPS) is 13.0. The SMILES string of the molecule is CCC(C)(C)n1sc(/C=C\C=N/C)c(C)c1=O. The highest BCUT2D eigenvalue weighted by Crippen LogP contribution is 2.24. The van der Waals surface area contributed by atoms with Crippen LogP contribution in [0.25, 0.3) is 6.08 Å². The number of rotatable bonds is 4. The first-order chi connectivity index (χ1) is 7.94. The standard InChI is InChI=1S/C13H20N2OS/c1-6-13(3,4)15-12(16)10(2)11(17-15)8-7-9-14-5/h7-9H,6H2,1-5H3/b8-7-,14-9-. The Morgan fingerprint density at radius 1 is 1.47 bits per heavy atom. The van der Waals surface area contributed by atoms with Gasteiger partial charge in [0.2, 0.25) is 0 Å². The van der Waals surface area contributed by atoms with Gasteiger partial charge in [-0.3, -0.25) is 13.7 Å². The zero-order chi connectivity index (χ0) is 13.1. The molecule has 0 aromatic carbocycles. The van der Waals surface area contributed by atoms with Gasteiger partial charge in [-0.1, -0.05) is 18.5 Å². The smallest absolute Gasteiger partial charge is 0.264 e. The van der Waals surface area contributed by atoms with Crippen molar-refractivity contribution in [2.45, 2.75) is 39.7 Å². The largest absolute Gasteiger partial charge is 0.297 e. The molecule has 0 atom stereocenters. The van der Waals surface area contributed by atoms with Crippen LogP contribution in [0.4, 0.5) is 0 Å². The number of aliphatic imine (C=N–C) groups is 1. The highest BCUT2D eigenvalue weighted by atomic mass is 32.1. The lowest BCUT2D eigenvalue weighted by molar-refractivity contribution is 0.360. The number of hydrogen-bond donors (Lipinski definition) is 0. The van der Waals surface area contributed by atoms with E-state index in [-0.39, 0.29) is 11.1 Å². The van der Waals surface area contributed by atoms with E-state index < -0.39 is 0 Å². The minimum absolute atomic E-state index is 0.114. The van der Waals surface area contributed by atoms with Gasteiger partial charge in [-0.2, -0.15) is 0 Å². The Bertz CT molecular complexity index is 492. The Labute approximate surface area is 107 Å². The van der Waals surface area contributed by atoms with E-state index in [1.165, 1.54) is 11.5 Å². The van der Waals surface area contributed by atoms with Crippen molar-refractivity contribution in [3.05, 3.63) is 26.9 Å². The number of hydrogen-bond acceptors (Lipinski definition) is 3. The van der Waals surface area contributed by atoms with Gasteiger partial charge in [0.25, 0.3) is 5.56 Å². The van der Waals surface area contributed by atoms with Crippen molar-refractivity contribution in [2.75, 3.05) is 7.05 Å². The second-order valence-corrected chi connectivity index (χ2v) is 5.60. The van der Waals surface area contributed by atoms with E-state index in [2.05, 4.69) is 25.8 Å². The quantitative estimate of drug-likeness (QED) is 0.758. The zero-order valence-corrected chi connectivity index (χ0v) is 12.0. The molecule has 0 saturated carbocycles.